The number of anilines is 1. The maximum Gasteiger partial charge on any atom is 0.185 e. The lowest BCUT2D eigenvalue weighted by atomic mass is 10.2. The van der Waals surface area contributed by atoms with Crippen LogP contribution in [0.2, 0.25) is 0 Å². The lowest BCUT2D eigenvalue weighted by Crippen LogP contribution is -2.22. The number of aliphatic hydroxyl groups excluding tert-OH is 1. The number of hydrogen-bond acceptors (Lipinski definition) is 4. The molecular weight excluding hydrogens is 208 g/mol. The molecule has 3 nitrogen and oxygen atoms in total. The molecule has 0 aliphatic heterocycles. The smallest absolute Gasteiger partial charge is 0.185 e. The van der Waals surface area contributed by atoms with Gasteiger partial charge in [-0.1, -0.05) is 25.2 Å². The molecule has 1 rings (SSSR count). The molecule has 15 heavy (non-hydrogen) atoms. The molecule has 0 saturated heterocycles. The number of aromatic nitrogens is 1. The lowest BCUT2D eigenvalue weighted by molar-refractivity contribution is 0.202. The van der Waals surface area contributed by atoms with Gasteiger partial charge in [0.2, 0.25) is 0 Å². The molecule has 1 aromatic heterocycles. The molecule has 0 saturated carbocycles. The zero-order chi connectivity index (χ0) is 11.6. The van der Waals surface area contributed by atoms with Gasteiger partial charge in [-0.05, 0) is 19.8 Å². The van der Waals surface area contributed by atoms with Gasteiger partial charge in [-0.2, -0.15) is 0 Å². The molecule has 1 atom stereocenters. The minimum absolute atomic E-state index is 0.413. The van der Waals surface area contributed by atoms with Crippen molar-refractivity contribution in [2.45, 2.75) is 33.8 Å². The van der Waals surface area contributed by atoms with Crippen LogP contribution in [-0.2, 0) is 0 Å². The molecule has 0 radical (unpaired) electrons. The van der Waals surface area contributed by atoms with Gasteiger partial charge >= 0.3 is 0 Å². The first-order valence-corrected chi connectivity index (χ1v) is 6.10. The fourth-order valence-electron chi connectivity index (χ4n) is 1.57. The Kier molecular flexibility index (Phi) is 4.11. The van der Waals surface area contributed by atoms with Crippen molar-refractivity contribution in [2.75, 3.05) is 18.5 Å². The second-order valence-electron chi connectivity index (χ2n) is 4.40. The predicted octanol–water partition coefficient (Wildman–Crippen LogP) is 2.60. The van der Waals surface area contributed by atoms with Crippen LogP contribution in [0.5, 0.6) is 0 Å². The van der Waals surface area contributed by atoms with E-state index in [1.54, 1.807) is 18.3 Å². The van der Waals surface area contributed by atoms with Gasteiger partial charge in [0, 0.05) is 13.6 Å². The molecular formula is C11H20N2OS. The average molecular weight is 228 g/mol. The van der Waals surface area contributed by atoms with Gasteiger partial charge in [0.15, 0.2) is 5.13 Å². The summed E-state index contributed by atoms with van der Waals surface area (Å²) in [5.41, 5.74) is 0.945. The normalized spacial score (nSPS) is 13.3. The number of nitrogens with zero attached hydrogens (tertiary/aromatic N) is 2. The van der Waals surface area contributed by atoms with Gasteiger partial charge in [-0.25, -0.2) is 4.98 Å². The first-order chi connectivity index (χ1) is 6.91. The Morgan fingerprint density at radius 1 is 1.40 bits per heavy atom. The third-order valence-electron chi connectivity index (χ3n) is 2.17. The summed E-state index contributed by atoms with van der Waals surface area (Å²) >= 11 is 1.58. The van der Waals surface area contributed by atoms with Crippen molar-refractivity contribution in [3.63, 3.8) is 0 Å². The van der Waals surface area contributed by atoms with E-state index in [1.807, 2.05) is 14.0 Å². The topological polar surface area (TPSA) is 36.4 Å². The SMILES string of the molecule is Cc1nc(N(C)CC(C)C)sc1C(C)O. The first-order valence-electron chi connectivity index (χ1n) is 5.28. The summed E-state index contributed by atoms with van der Waals surface area (Å²) in [6.07, 6.45) is -0.413. The van der Waals surface area contributed by atoms with Crippen molar-refractivity contribution in [2.24, 2.45) is 5.92 Å². The summed E-state index contributed by atoms with van der Waals surface area (Å²) < 4.78 is 0. The van der Waals surface area contributed by atoms with Crippen LogP contribution >= 0.6 is 11.3 Å². The van der Waals surface area contributed by atoms with Crippen molar-refractivity contribution in [3.05, 3.63) is 10.6 Å². The molecule has 4 heteroatoms. The number of rotatable bonds is 4. The van der Waals surface area contributed by atoms with Crippen LogP contribution < -0.4 is 4.90 Å². The molecule has 0 aliphatic carbocycles. The molecule has 0 amide bonds. The third kappa shape index (κ3) is 3.18. The van der Waals surface area contributed by atoms with E-state index >= 15 is 0 Å². The zero-order valence-corrected chi connectivity index (χ0v) is 10.9. The number of thiazole rings is 1. The van der Waals surface area contributed by atoms with Crippen LogP contribution in [-0.4, -0.2) is 23.7 Å². The third-order valence-corrected chi connectivity index (χ3v) is 3.61. The van der Waals surface area contributed by atoms with Gasteiger partial charge in [0.05, 0.1) is 16.7 Å². The molecule has 1 aromatic rings. The second kappa shape index (κ2) is 4.94. The minimum atomic E-state index is -0.413. The predicted molar refractivity (Wildman–Crippen MR) is 65.6 cm³/mol. The van der Waals surface area contributed by atoms with Crippen LogP contribution in [0.4, 0.5) is 5.13 Å². The molecule has 1 unspecified atom stereocenters. The fourth-order valence-corrected chi connectivity index (χ4v) is 2.54. The van der Waals surface area contributed by atoms with Crippen LogP contribution in [0, 0.1) is 12.8 Å². The highest BCUT2D eigenvalue weighted by molar-refractivity contribution is 7.15. The van der Waals surface area contributed by atoms with Crippen LogP contribution in [0.15, 0.2) is 0 Å². The van der Waals surface area contributed by atoms with E-state index in [-0.39, 0.29) is 0 Å². The van der Waals surface area contributed by atoms with Gasteiger partial charge < -0.3 is 10.0 Å². The van der Waals surface area contributed by atoms with Crippen LogP contribution in [0.25, 0.3) is 0 Å². The van der Waals surface area contributed by atoms with Crippen molar-refractivity contribution in [3.8, 4) is 0 Å². The van der Waals surface area contributed by atoms with Gasteiger partial charge in [-0.15, -0.1) is 0 Å². The molecule has 1 heterocycles. The van der Waals surface area contributed by atoms with Crippen molar-refractivity contribution in [1.82, 2.24) is 4.98 Å². The molecule has 0 aliphatic rings. The molecule has 0 fully saturated rings. The lowest BCUT2D eigenvalue weighted by Gasteiger charge is -2.17. The number of aryl methyl sites for hydroxylation is 1. The summed E-state index contributed by atoms with van der Waals surface area (Å²) in [5, 5.41) is 10.5. The van der Waals surface area contributed by atoms with Crippen molar-refractivity contribution in [1.29, 1.82) is 0 Å². The Balaban J connectivity index is 2.82. The second-order valence-corrected chi connectivity index (χ2v) is 5.41. The Morgan fingerprint density at radius 3 is 2.40 bits per heavy atom. The van der Waals surface area contributed by atoms with Gasteiger partial charge in [0.25, 0.3) is 0 Å². The standard InChI is InChI=1S/C11H20N2OS/c1-7(2)6-13(5)11-12-8(3)10(15-11)9(4)14/h7,9,14H,6H2,1-5H3. The Labute approximate surface area is 95.8 Å². The van der Waals surface area contributed by atoms with Gasteiger partial charge in [0.1, 0.15) is 0 Å². The largest absolute Gasteiger partial charge is 0.388 e. The molecule has 0 bridgehead atoms. The van der Waals surface area contributed by atoms with E-state index in [2.05, 4.69) is 23.7 Å². The maximum atomic E-state index is 9.53. The summed E-state index contributed by atoms with van der Waals surface area (Å²) in [5.74, 6) is 0.620. The first kappa shape index (κ1) is 12.5. The van der Waals surface area contributed by atoms with E-state index in [1.165, 1.54) is 0 Å². The highest BCUT2D eigenvalue weighted by Gasteiger charge is 2.14. The quantitative estimate of drug-likeness (QED) is 0.860. The Hall–Kier alpha value is -0.610. The van der Waals surface area contributed by atoms with Crippen LogP contribution in [0.3, 0.4) is 0 Å². The molecule has 0 spiro atoms. The summed E-state index contributed by atoms with van der Waals surface area (Å²) in [6, 6.07) is 0. The summed E-state index contributed by atoms with van der Waals surface area (Å²) in [6.45, 7) is 9.10. The van der Waals surface area contributed by atoms with Crippen LogP contribution in [0.1, 0.15) is 37.4 Å². The van der Waals surface area contributed by atoms with E-state index in [0.717, 1.165) is 22.2 Å². The van der Waals surface area contributed by atoms with Crippen molar-refractivity contribution < 1.29 is 5.11 Å². The van der Waals surface area contributed by atoms with Gasteiger partial charge in [-0.3, -0.25) is 0 Å². The van der Waals surface area contributed by atoms with E-state index in [4.69, 9.17) is 0 Å². The molecule has 0 aromatic carbocycles. The van der Waals surface area contributed by atoms with E-state index < -0.39 is 6.10 Å². The molecule has 1 N–H and O–H groups in total. The molecule has 86 valence electrons. The minimum Gasteiger partial charge on any atom is -0.388 e. The Morgan fingerprint density at radius 2 is 2.00 bits per heavy atom. The average Bonchev–Trinajstić information content (AvgIpc) is 2.46. The zero-order valence-electron chi connectivity index (χ0n) is 10.1. The van der Waals surface area contributed by atoms with E-state index in [9.17, 15) is 5.11 Å². The van der Waals surface area contributed by atoms with Crippen molar-refractivity contribution >= 4 is 16.5 Å². The van der Waals surface area contributed by atoms with E-state index in [0.29, 0.717) is 5.92 Å². The Bertz CT molecular complexity index is 320. The highest BCUT2D eigenvalue weighted by atomic mass is 32.1. The number of aliphatic hydroxyl groups is 1. The fraction of sp³-hybridized carbons (Fsp3) is 0.727. The number of hydrogen-bond donors (Lipinski definition) is 1. The monoisotopic (exact) mass is 228 g/mol. The highest BCUT2D eigenvalue weighted by Crippen LogP contribution is 2.30. The summed E-state index contributed by atoms with van der Waals surface area (Å²) in [7, 11) is 2.05. The summed E-state index contributed by atoms with van der Waals surface area (Å²) in [4.78, 5) is 7.59. The maximum absolute atomic E-state index is 9.53.